The van der Waals surface area contributed by atoms with Gasteiger partial charge in [0.1, 0.15) is 0 Å². The predicted octanol–water partition coefficient (Wildman–Crippen LogP) is 4.08. The molecule has 1 amide bonds. The van der Waals surface area contributed by atoms with E-state index in [2.05, 4.69) is 34.3 Å². The Morgan fingerprint density at radius 1 is 1.24 bits per heavy atom. The standard InChI is InChI=1S/C15H13N3OS2/c1-2-11-3-4-13(21-11)12-9-20-15(17-12)18-14(19)10-5-7-16-8-6-10/h3-9H,2H2,1H3,(H,17,18,19). The summed E-state index contributed by atoms with van der Waals surface area (Å²) in [6, 6.07) is 7.55. The van der Waals surface area contributed by atoms with E-state index >= 15 is 0 Å². The molecule has 6 heteroatoms. The van der Waals surface area contributed by atoms with Crippen LogP contribution in [-0.2, 0) is 6.42 Å². The van der Waals surface area contributed by atoms with Crippen molar-refractivity contribution in [2.45, 2.75) is 13.3 Å². The fraction of sp³-hybridized carbons (Fsp3) is 0.133. The summed E-state index contributed by atoms with van der Waals surface area (Å²) >= 11 is 3.17. The van der Waals surface area contributed by atoms with Crippen LogP contribution in [0.1, 0.15) is 22.2 Å². The Kier molecular flexibility index (Phi) is 4.08. The quantitative estimate of drug-likeness (QED) is 0.789. The molecule has 0 bridgehead atoms. The number of aryl methyl sites for hydroxylation is 1. The van der Waals surface area contributed by atoms with Crippen molar-refractivity contribution in [3.8, 4) is 10.6 Å². The number of aromatic nitrogens is 2. The lowest BCUT2D eigenvalue weighted by Crippen LogP contribution is -2.11. The van der Waals surface area contributed by atoms with Gasteiger partial charge in [0.15, 0.2) is 5.13 Å². The highest BCUT2D eigenvalue weighted by molar-refractivity contribution is 7.17. The Morgan fingerprint density at radius 2 is 2.05 bits per heavy atom. The largest absolute Gasteiger partial charge is 0.298 e. The number of thiophene rings is 1. The highest BCUT2D eigenvalue weighted by Gasteiger charge is 2.10. The lowest BCUT2D eigenvalue weighted by atomic mass is 10.2. The van der Waals surface area contributed by atoms with Crippen molar-refractivity contribution >= 4 is 33.7 Å². The molecule has 0 radical (unpaired) electrons. The SMILES string of the molecule is CCc1ccc(-c2csc(NC(=O)c3ccncc3)n2)s1. The van der Waals surface area contributed by atoms with Crippen molar-refractivity contribution < 1.29 is 4.79 Å². The smallest absolute Gasteiger partial charge is 0.257 e. The van der Waals surface area contributed by atoms with Crippen molar-refractivity contribution in [1.82, 2.24) is 9.97 Å². The van der Waals surface area contributed by atoms with E-state index in [1.54, 1.807) is 35.9 Å². The van der Waals surface area contributed by atoms with Crippen molar-refractivity contribution in [2.75, 3.05) is 5.32 Å². The van der Waals surface area contributed by atoms with E-state index in [0.29, 0.717) is 10.7 Å². The van der Waals surface area contributed by atoms with Gasteiger partial charge in [-0.2, -0.15) is 0 Å². The fourth-order valence-corrected chi connectivity index (χ4v) is 3.51. The van der Waals surface area contributed by atoms with E-state index in [-0.39, 0.29) is 5.91 Å². The van der Waals surface area contributed by atoms with Crippen molar-refractivity contribution in [3.05, 3.63) is 52.5 Å². The van der Waals surface area contributed by atoms with E-state index in [4.69, 9.17) is 0 Å². The first kappa shape index (κ1) is 13.9. The molecule has 21 heavy (non-hydrogen) atoms. The molecule has 0 fully saturated rings. The predicted molar refractivity (Wildman–Crippen MR) is 87.0 cm³/mol. The minimum atomic E-state index is -0.168. The number of rotatable bonds is 4. The molecule has 0 aliphatic heterocycles. The summed E-state index contributed by atoms with van der Waals surface area (Å²) in [4.78, 5) is 22.9. The molecular formula is C15H13N3OS2. The van der Waals surface area contributed by atoms with Crippen LogP contribution < -0.4 is 5.32 Å². The number of thiazole rings is 1. The number of carbonyl (C=O) groups excluding carboxylic acids is 1. The van der Waals surface area contributed by atoms with E-state index in [0.717, 1.165) is 17.0 Å². The molecule has 106 valence electrons. The first-order valence-electron chi connectivity index (χ1n) is 6.52. The molecule has 0 aliphatic carbocycles. The molecule has 0 spiro atoms. The number of amides is 1. The first-order chi connectivity index (χ1) is 10.3. The summed E-state index contributed by atoms with van der Waals surface area (Å²) in [5.74, 6) is -0.168. The van der Waals surface area contributed by atoms with Gasteiger partial charge in [-0.1, -0.05) is 6.92 Å². The van der Waals surface area contributed by atoms with Crippen LogP contribution in [-0.4, -0.2) is 15.9 Å². The molecule has 3 rings (SSSR count). The van der Waals surface area contributed by atoms with Crippen LogP contribution in [0.2, 0.25) is 0 Å². The molecule has 0 aliphatic rings. The molecule has 0 saturated heterocycles. The van der Waals surface area contributed by atoms with Gasteiger partial charge in [0.2, 0.25) is 0 Å². The van der Waals surface area contributed by atoms with Crippen molar-refractivity contribution in [1.29, 1.82) is 0 Å². The van der Waals surface area contributed by atoms with Gasteiger partial charge in [-0.3, -0.25) is 15.1 Å². The molecule has 4 nitrogen and oxygen atoms in total. The fourth-order valence-electron chi connectivity index (χ4n) is 1.82. The third kappa shape index (κ3) is 3.17. The number of nitrogens with zero attached hydrogens (tertiary/aromatic N) is 2. The Labute approximate surface area is 130 Å². The molecule has 0 atom stereocenters. The topological polar surface area (TPSA) is 54.9 Å². The molecule has 1 N–H and O–H groups in total. The Bertz CT molecular complexity index is 749. The monoisotopic (exact) mass is 315 g/mol. The second-order valence-corrected chi connectivity index (χ2v) is 6.37. The first-order valence-corrected chi connectivity index (χ1v) is 8.22. The summed E-state index contributed by atoms with van der Waals surface area (Å²) in [6.07, 6.45) is 4.22. The Hall–Kier alpha value is -2.05. The molecule has 0 unspecified atom stereocenters. The zero-order valence-electron chi connectivity index (χ0n) is 11.4. The summed E-state index contributed by atoms with van der Waals surface area (Å²) in [7, 11) is 0. The zero-order chi connectivity index (χ0) is 14.7. The summed E-state index contributed by atoms with van der Waals surface area (Å²) in [6.45, 7) is 2.14. The van der Waals surface area contributed by atoms with Gasteiger partial charge in [-0.05, 0) is 30.7 Å². The zero-order valence-corrected chi connectivity index (χ0v) is 13.0. The third-order valence-electron chi connectivity index (χ3n) is 2.93. The van der Waals surface area contributed by atoms with Crippen LogP contribution in [0.15, 0.2) is 42.0 Å². The second-order valence-electron chi connectivity index (χ2n) is 4.35. The molecule has 3 aromatic rings. The van der Waals surface area contributed by atoms with Crippen LogP contribution in [0.5, 0.6) is 0 Å². The van der Waals surface area contributed by atoms with E-state index in [1.165, 1.54) is 16.2 Å². The number of hydrogen-bond acceptors (Lipinski definition) is 5. The summed E-state index contributed by atoms with van der Waals surface area (Å²) in [5, 5.41) is 5.39. The molecule has 0 aromatic carbocycles. The van der Waals surface area contributed by atoms with Gasteiger partial charge in [-0.15, -0.1) is 22.7 Å². The lowest BCUT2D eigenvalue weighted by molar-refractivity contribution is 0.102. The van der Waals surface area contributed by atoms with Gasteiger partial charge in [-0.25, -0.2) is 4.98 Å². The van der Waals surface area contributed by atoms with Gasteiger partial charge >= 0.3 is 0 Å². The number of hydrogen-bond donors (Lipinski definition) is 1. The Morgan fingerprint density at radius 3 is 2.76 bits per heavy atom. The number of carbonyl (C=O) groups is 1. The maximum atomic E-state index is 12.0. The molecular weight excluding hydrogens is 302 g/mol. The summed E-state index contributed by atoms with van der Waals surface area (Å²) < 4.78 is 0. The van der Waals surface area contributed by atoms with Gasteiger partial charge in [0, 0.05) is 28.2 Å². The van der Waals surface area contributed by atoms with E-state index < -0.39 is 0 Å². The molecule has 3 heterocycles. The van der Waals surface area contributed by atoms with Crippen LogP contribution in [0.25, 0.3) is 10.6 Å². The molecule has 3 aromatic heterocycles. The van der Waals surface area contributed by atoms with E-state index in [9.17, 15) is 4.79 Å². The minimum Gasteiger partial charge on any atom is -0.298 e. The number of anilines is 1. The van der Waals surface area contributed by atoms with Gasteiger partial charge < -0.3 is 0 Å². The van der Waals surface area contributed by atoms with Crippen molar-refractivity contribution in [3.63, 3.8) is 0 Å². The van der Waals surface area contributed by atoms with Crippen molar-refractivity contribution in [2.24, 2.45) is 0 Å². The highest BCUT2D eigenvalue weighted by atomic mass is 32.1. The van der Waals surface area contributed by atoms with E-state index in [1.807, 2.05) is 5.38 Å². The maximum Gasteiger partial charge on any atom is 0.257 e. The Balaban J connectivity index is 1.75. The van der Waals surface area contributed by atoms with Gasteiger partial charge in [0.25, 0.3) is 5.91 Å². The van der Waals surface area contributed by atoms with Crippen LogP contribution in [0, 0.1) is 0 Å². The van der Waals surface area contributed by atoms with Crippen LogP contribution in [0.3, 0.4) is 0 Å². The lowest BCUT2D eigenvalue weighted by Gasteiger charge is -2.00. The second kappa shape index (κ2) is 6.15. The molecule has 0 saturated carbocycles. The highest BCUT2D eigenvalue weighted by Crippen LogP contribution is 2.31. The van der Waals surface area contributed by atoms with Gasteiger partial charge in [0.05, 0.1) is 10.6 Å². The maximum absolute atomic E-state index is 12.0. The van der Waals surface area contributed by atoms with Crippen LogP contribution >= 0.6 is 22.7 Å². The third-order valence-corrected chi connectivity index (χ3v) is 4.94. The number of pyridine rings is 1. The average Bonchev–Trinajstić information content (AvgIpc) is 3.16. The average molecular weight is 315 g/mol. The normalized spacial score (nSPS) is 10.5. The summed E-state index contributed by atoms with van der Waals surface area (Å²) in [5.41, 5.74) is 1.49. The minimum absolute atomic E-state index is 0.168. The number of nitrogens with one attached hydrogen (secondary N) is 1. The van der Waals surface area contributed by atoms with Crippen LogP contribution in [0.4, 0.5) is 5.13 Å².